The lowest BCUT2D eigenvalue weighted by Crippen LogP contribution is -2.07. The molecule has 0 bridgehead atoms. The van der Waals surface area contributed by atoms with Gasteiger partial charge in [0.05, 0.1) is 5.41 Å². The van der Waals surface area contributed by atoms with E-state index in [2.05, 4.69) is 9.47 Å². The minimum absolute atomic E-state index is 0.0138. The molecule has 0 aromatic heterocycles. The Kier molecular flexibility index (Phi) is 5.34. The molecular weight excluding hydrogens is 308 g/mol. The van der Waals surface area contributed by atoms with Crippen molar-refractivity contribution in [3.05, 3.63) is 29.2 Å². The Morgan fingerprint density at radius 1 is 1.05 bits per heavy atom. The Balaban J connectivity index is 3.10. The number of ether oxygens (including phenoxy) is 2. The molecule has 0 aliphatic heterocycles. The third kappa shape index (κ3) is 5.89. The topological polar surface area (TPSA) is 72.8 Å². The van der Waals surface area contributed by atoms with Gasteiger partial charge in [0.1, 0.15) is 0 Å². The second-order valence-corrected chi connectivity index (χ2v) is 4.58. The van der Waals surface area contributed by atoms with Crippen LogP contribution in [0.4, 0.5) is 17.6 Å². The van der Waals surface area contributed by atoms with Crippen LogP contribution in [0.2, 0.25) is 0 Å². The normalized spacial score (nSPS) is 12.3. The van der Waals surface area contributed by atoms with Crippen LogP contribution in [-0.2, 0) is 10.1 Å². The summed E-state index contributed by atoms with van der Waals surface area (Å²) in [6.07, 6.45) is 0.861. The molecule has 1 aromatic rings. The molecule has 0 heterocycles. The molecule has 10 heteroatoms. The molecule has 0 saturated heterocycles. The highest BCUT2D eigenvalue weighted by molar-refractivity contribution is 7.88. The van der Waals surface area contributed by atoms with Crippen molar-refractivity contribution in [2.75, 3.05) is 0 Å². The smallest absolute Gasteiger partial charge is 0.387 e. The molecule has 0 unspecified atom stereocenters. The lowest BCUT2D eigenvalue weighted by atomic mass is 10.2. The summed E-state index contributed by atoms with van der Waals surface area (Å²) in [6, 6.07) is 2.86. The first-order chi connectivity index (χ1) is 9.17. The van der Waals surface area contributed by atoms with Crippen molar-refractivity contribution < 1.29 is 40.0 Å². The van der Waals surface area contributed by atoms with Crippen LogP contribution >= 0.6 is 0 Å². The van der Waals surface area contributed by atoms with Gasteiger partial charge in [0, 0.05) is 0 Å². The molecule has 0 radical (unpaired) electrons. The van der Waals surface area contributed by atoms with Crippen LogP contribution in [0.5, 0.6) is 11.5 Å². The van der Waals surface area contributed by atoms with Gasteiger partial charge in [-0.1, -0.05) is 6.07 Å². The van der Waals surface area contributed by atoms with Crippen molar-refractivity contribution in [1.82, 2.24) is 0 Å². The van der Waals surface area contributed by atoms with Crippen molar-refractivity contribution >= 4 is 16.2 Å². The van der Waals surface area contributed by atoms with E-state index >= 15 is 0 Å². The van der Waals surface area contributed by atoms with E-state index in [-0.39, 0.29) is 5.56 Å². The summed E-state index contributed by atoms with van der Waals surface area (Å²) in [5, 5.41) is 0.391. The Hall–Kier alpha value is -1.81. The minimum atomic E-state index is -4.41. The highest BCUT2D eigenvalue weighted by atomic mass is 32.2. The molecule has 0 aliphatic rings. The molecule has 1 rings (SSSR count). The van der Waals surface area contributed by atoms with Crippen LogP contribution in [0.15, 0.2) is 23.6 Å². The number of alkyl halides is 4. The number of halogens is 4. The fraction of sp³-hybridized carbons (Fsp3) is 0.200. The molecular formula is C10H8F4O5S. The van der Waals surface area contributed by atoms with Crippen LogP contribution in [0.1, 0.15) is 5.56 Å². The average Bonchev–Trinajstić information content (AvgIpc) is 2.27. The van der Waals surface area contributed by atoms with Gasteiger partial charge in [0.25, 0.3) is 10.1 Å². The summed E-state index contributed by atoms with van der Waals surface area (Å²) < 4.78 is 85.7. The summed E-state index contributed by atoms with van der Waals surface area (Å²) in [4.78, 5) is 0. The Morgan fingerprint density at radius 2 is 1.60 bits per heavy atom. The van der Waals surface area contributed by atoms with Gasteiger partial charge in [-0.2, -0.15) is 26.0 Å². The van der Waals surface area contributed by atoms with E-state index in [1.54, 1.807) is 0 Å². The zero-order valence-electron chi connectivity index (χ0n) is 9.54. The van der Waals surface area contributed by atoms with E-state index in [1.165, 1.54) is 0 Å². The lowest BCUT2D eigenvalue weighted by molar-refractivity contribution is -0.0692. The molecule has 0 fully saturated rings. The molecule has 0 amide bonds. The summed E-state index contributed by atoms with van der Waals surface area (Å²) in [7, 11) is -4.41. The summed E-state index contributed by atoms with van der Waals surface area (Å²) in [5.41, 5.74) is 0.0138. The fourth-order valence-corrected chi connectivity index (χ4v) is 1.50. The number of hydrogen-bond acceptors (Lipinski definition) is 4. The predicted molar refractivity (Wildman–Crippen MR) is 60.3 cm³/mol. The van der Waals surface area contributed by atoms with Crippen LogP contribution in [0.25, 0.3) is 6.08 Å². The molecule has 0 aliphatic carbocycles. The lowest BCUT2D eigenvalue weighted by Gasteiger charge is -2.12. The van der Waals surface area contributed by atoms with Crippen LogP contribution < -0.4 is 9.47 Å². The molecule has 0 atom stereocenters. The Bertz CT molecular complexity index is 585. The van der Waals surface area contributed by atoms with Crippen LogP contribution in [0, 0.1) is 0 Å². The van der Waals surface area contributed by atoms with Gasteiger partial charge in [0.15, 0.2) is 11.5 Å². The number of benzene rings is 1. The highest BCUT2D eigenvalue weighted by Crippen LogP contribution is 2.31. The molecule has 5 nitrogen and oxygen atoms in total. The zero-order chi connectivity index (χ0) is 15.3. The zero-order valence-corrected chi connectivity index (χ0v) is 10.4. The average molecular weight is 316 g/mol. The molecule has 1 aromatic carbocycles. The van der Waals surface area contributed by atoms with Crippen molar-refractivity contribution in [2.45, 2.75) is 13.2 Å². The molecule has 0 saturated carbocycles. The van der Waals surface area contributed by atoms with E-state index < -0.39 is 34.8 Å². The number of rotatable bonds is 6. The van der Waals surface area contributed by atoms with Crippen molar-refractivity contribution in [2.24, 2.45) is 0 Å². The predicted octanol–water partition coefficient (Wildman–Crippen LogP) is 2.75. The second kappa shape index (κ2) is 6.57. The second-order valence-electron chi connectivity index (χ2n) is 3.28. The van der Waals surface area contributed by atoms with Gasteiger partial charge in [-0.15, -0.1) is 0 Å². The molecule has 1 N–H and O–H groups in total. The summed E-state index contributed by atoms with van der Waals surface area (Å²) >= 11 is 0. The van der Waals surface area contributed by atoms with Gasteiger partial charge in [-0.25, -0.2) is 0 Å². The van der Waals surface area contributed by atoms with E-state index in [9.17, 15) is 26.0 Å². The standard InChI is InChI=1S/C10H8F4O5S/c11-9(12)18-7-2-1-6(3-4-20(15,16)17)5-8(7)19-10(13)14/h1-5,9-10H,(H,15,16,17)/b4-3+. The van der Waals surface area contributed by atoms with E-state index in [0.29, 0.717) is 5.41 Å². The monoisotopic (exact) mass is 316 g/mol. The summed E-state index contributed by atoms with van der Waals surface area (Å²) in [5.74, 6) is -1.33. The Labute approximate surface area is 111 Å². The van der Waals surface area contributed by atoms with Gasteiger partial charge in [0.2, 0.25) is 0 Å². The first kappa shape index (κ1) is 16.2. The van der Waals surface area contributed by atoms with Crippen molar-refractivity contribution in [3.63, 3.8) is 0 Å². The van der Waals surface area contributed by atoms with Crippen molar-refractivity contribution in [1.29, 1.82) is 0 Å². The SMILES string of the molecule is O=S(=O)(O)/C=C/c1ccc(OC(F)F)c(OC(F)F)c1. The van der Waals surface area contributed by atoms with Crippen molar-refractivity contribution in [3.8, 4) is 11.5 Å². The Morgan fingerprint density at radius 3 is 2.10 bits per heavy atom. The minimum Gasteiger partial charge on any atom is -0.431 e. The van der Waals surface area contributed by atoms with Gasteiger partial charge in [-0.05, 0) is 23.8 Å². The third-order valence-electron chi connectivity index (χ3n) is 1.83. The summed E-state index contributed by atoms with van der Waals surface area (Å²) in [6.45, 7) is -6.52. The number of hydrogen-bond donors (Lipinski definition) is 1. The van der Waals surface area contributed by atoms with Gasteiger partial charge < -0.3 is 9.47 Å². The molecule has 112 valence electrons. The molecule has 0 spiro atoms. The van der Waals surface area contributed by atoms with Crippen LogP contribution in [-0.4, -0.2) is 26.2 Å². The van der Waals surface area contributed by atoms with Crippen LogP contribution in [0.3, 0.4) is 0 Å². The van der Waals surface area contributed by atoms with E-state index in [1.807, 2.05) is 0 Å². The maximum absolute atomic E-state index is 12.1. The van der Waals surface area contributed by atoms with E-state index in [0.717, 1.165) is 24.3 Å². The highest BCUT2D eigenvalue weighted by Gasteiger charge is 2.14. The maximum atomic E-state index is 12.1. The van der Waals surface area contributed by atoms with E-state index in [4.69, 9.17) is 4.55 Å². The molecule has 20 heavy (non-hydrogen) atoms. The first-order valence-electron chi connectivity index (χ1n) is 4.86. The quantitative estimate of drug-likeness (QED) is 0.645. The first-order valence-corrected chi connectivity index (χ1v) is 6.37. The largest absolute Gasteiger partial charge is 0.431 e. The third-order valence-corrected chi connectivity index (χ3v) is 2.31. The maximum Gasteiger partial charge on any atom is 0.387 e. The van der Waals surface area contributed by atoms with Gasteiger partial charge in [-0.3, -0.25) is 4.55 Å². The fourth-order valence-electron chi connectivity index (χ4n) is 1.17. The van der Waals surface area contributed by atoms with Gasteiger partial charge >= 0.3 is 13.2 Å².